The lowest BCUT2D eigenvalue weighted by molar-refractivity contribution is -0.135. The van der Waals surface area contributed by atoms with Gasteiger partial charge in [-0.05, 0) is 88.5 Å². The van der Waals surface area contributed by atoms with Crippen molar-refractivity contribution in [3.05, 3.63) is 47.0 Å². The Morgan fingerprint density at radius 3 is 1.98 bits per heavy atom. The molecule has 0 aromatic heterocycles. The van der Waals surface area contributed by atoms with Crippen molar-refractivity contribution in [3.63, 3.8) is 0 Å². The first-order chi connectivity index (χ1) is 19.0. The quantitative estimate of drug-likeness (QED) is 0.377. The van der Waals surface area contributed by atoms with E-state index in [0.29, 0.717) is 45.9 Å². The zero-order chi connectivity index (χ0) is 27.8. The van der Waals surface area contributed by atoms with Gasteiger partial charge >= 0.3 is 0 Å². The summed E-state index contributed by atoms with van der Waals surface area (Å²) in [7, 11) is 2.14. The van der Waals surface area contributed by atoms with Gasteiger partial charge in [-0.3, -0.25) is 9.69 Å². The fraction of sp³-hybridized carbons (Fsp3) is 0.581. The van der Waals surface area contributed by atoms with Crippen molar-refractivity contribution in [2.24, 2.45) is 0 Å². The molecule has 1 amide bonds. The fourth-order valence-electron chi connectivity index (χ4n) is 5.50. The number of piperazine rings is 1. The summed E-state index contributed by atoms with van der Waals surface area (Å²) in [6.07, 6.45) is 1.47. The maximum atomic E-state index is 13.8. The van der Waals surface area contributed by atoms with Crippen LogP contribution in [0, 0.1) is 0 Å². The third-order valence-corrected chi connectivity index (χ3v) is 7.47. The molecule has 2 aromatic rings. The number of halogens is 1. The van der Waals surface area contributed by atoms with Crippen molar-refractivity contribution in [2.45, 2.75) is 46.6 Å². The minimum absolute atomic E-state index is 0. The van der Waals surface area contributed by atoms with Crippen LogP contribution in [-0.2, 0) is 17.6 Å². The van der Waals surface area contributed by atoms with Gasteiger partial charge in [0, 0.05) is 32.7 Å². The molecule has 1 unspecified atom stereocenters. The van der Waals surface area contributed by atoms with Gasteiger partial charge in [0.1, 0.15) is 0 Å². The minimum atomic E-state index is -0.115. The molecular weight excluding hydrogens is 530 g/mol. The van der Waals surface area contributed by atoms with Crippen LogP contribution in [0.5, 0.6) is 23.0 Å². The zero-order valence-electron chi connectivity index (χ0n) is 24.7. The predicted molar refractivity (Wildman–Crippen MR) is 153 cm³/mol. The predicted octanol–water partition coefficient (Wildman–Crippen LogP) is 1.20. The summed E-state index contributed by atoms with van der Waals surface area (Å²) in [5.41, 5.74) is 3.45. The second-order valence-corrected chi connectivity index (χ2v) is 10.1. The standard InChI is InChI=1S/C31H45N3O5.ClH/c1-6-36-27-11-10-23(19-28(27)37-7-2)18-26-25-21-30(39-9-4)29(38-8-3)20-24(25)12-13-34(26)31(35)22-33-16-14-32(5)15-17-33;/h10-11,19-21,26H,6-9,12-18,22H2,1-5H3;1H/p-1. The number of carbonyl (C=O) groups excluding carboxylic acids is 1. The number of carbonyl (C=O) groups is 1. The zero-order valence-corrected chi connectivity index (χ0v) is 25.5. The van der Waals surface area contributed by atoms with Gasteiger partial charge in [-0.2, -0.15) is 0 Å². The first-order valence-electron chi connectivity index (χ1n) is 14.5. The maximum absolute atomic E-state index is 13.8. The van der Waals surface area contributed by atoms with Gasteiger partial charge in [0.2, 0.25) is 5.91 Å². The number of benzene rings is 2. The normalized spacial score (nSPS) is 17.5. The van der Waals surface area contributed by atoms with Gasteiger partial charge < -0.3 is 41.2 Å². The average molecular weight is 575 g/mol. The van der Waals surface area contributed by atoms with Crippen molar-refractivity contribution in [1.29, 1.82) is 0 Å². The Balaban J connectivity index is 0.00000441. The summed E-state index contributed by atoms with van der Waals surface area (Å²) in [6.45, 7) is 15.1. The highest BCUT2D eigenvalue weighted by Crippen LogP contribution is 2.41. The van der Waals surface area contributed by atoms with Gasteiger partial charge in [-0.15, -0.1) is 0 Å². The molecule has 0 N–H and O–H groups in total. The van der Waals surface area contributed by atoms with Crippen molar-refractivity contribution in [3.8, 4) is 23.0 Å². The lowest BCUT2D eigenvalue weighted by Crippen LogP contribution is -3.00. The van der Waals surface area contributed by atoms with Crippen molar-refractivity contribution < 1.29 is 36.1 Å². The van der Waals surface area contributed by atoms with Crippen LogP contribution in [0.4, 0.5) is 0 Å². The Kier molecular flexibility index (Phi) is 12.2. The van der Waals surface area contributed by atoms with Crippen molar-refractivity contribution in [2.75, 3.05) is 72.7 Å². The smallest absolute Gasteiger partial charge is 0.237 e. The van der Waals surface area contributed by atoms with E-state index in [4.69, 9.17) is 18.9 Å². The SMILES string of the molecule is CCOc1ccc(CC2c3cc(OCC)c(OCC)cc3CCN2C(=O)CN2CCN(C)CC2)cc1OCC.[Cl-]. The first kappa shape index (κ1) is 31.8. The Bertz CT molecular complexity index is 1110. The number of hydrogen-bond donors (Lipinski definition) is 0. The molecule has 4 rings (SSSR count). The van der Waals surface area contributed by atoms with E-state index in [2.05, 4.69) is 46.0 Å². The number of rotatable bonds is 12. The molecule has 1 atom stereocenters. The van der Waals surface area contributed by atoms with E-state index in [1.165, 1.54) is 5.56 Å². The average Bonchev–Trinajstić information content (AvgIpc) is 2.92. The monoisotopic (exact) mass is 574 g/mol. The Morgan fingerprint density at radius 2 is 1.35 bits per heavy atom. The molecule has 0 aliphatic carbocycles. The van der Waals surface area contributed by atoms with Crippen LogP contribution in [0.3, 0.4) is 0 Å². The first-order valence-corrected chi connectivity index (χ1v) is 14.5. The van der Waals surface area contributed by atoms with Crippen LogP contribution in [0.15, 0.2) is 30.3 Å². The molecule has 0 saturated carbocycles. The maximum Gasteiger partial charge on any atom is 0.237 e. The van der Waals surface area contributed by atoms with Crippen molar-refractivity contribution in [1.82, 2.24) is 14.7 Å². The highest BCUT2D eigenvalue weighted by molar-refractivity contribution is 5.79. The number of likely N-dealkylation sites (N-methyl/N-ethyl adjacent to an activating group) is 1. The Labute approximate surface area is 245 Å². The number of ether oxygens (including phenoxy) is 4. The van der Waals surface area contributed by atoms with E-state index in [1.807, 2.05) is 33.8 Å². The molecule has 2 aliphatic heterocycles. The second kappa shape index (κ2) is 15.4. The molecule has 2 heterocycles. The van der Waals surface area contributed by atoms with E-state index in [-0.39, 0.29) is 24.4 Å². The summed E-state index contributed by atoms with van der Waals surface area (Å²) >= 11 is 0. The number of nitrogens with zero attached hydrogens (tertiary/aromatic N) is 3. The summed E-state index contributed by atoms with van der Waals surface area (Å²) in [4.78, 5) is 20.5. The number of fused-ring (bicyclic) bond motifs is 1. The van der Waals surface area contributed by atoms with E-state index in [0.717, 1.165) is 66.7 Å². The van der Waals surface area contributed by atoms with Crippen LogP contribution in [0.25, 0.3) is 0 Å². The van der Waals surface area contributed by atoms with Crippen LogP contribution < -0.4 is 31.4 Å². The molecule has 0 bridgehead atoms. The fourth-order valence-corrected chi connectivity index (χ4v) is 5.50. The third-order valence-electron chi connectivity index (χ3n) is 7.47. The molecule has 2 aliphatic rings. The number of hydrogen-bond acceptors (Lipinski definition) is 7. The molecule has 1 saturated heterocycles. The molecule has 2 aromatic carbocycles. The molecular formula is C31H45ClN3O5-. The van der Waals surface area contributed by atoms with Crippen molar-refractivity contribution >= 4 is 5.91 Å². The molecule has 0 radical (unpaired) electrons. The summed E-state index contributed by atoms with van der Waals surface area (Å²) < 4.78 is 23.6. The Morgan fingerprint density at radius 1 is 0.775 bits per heavy atom. The summed E-state index contributed by atoms with van der Waals surface area (Å²) in [5.74, 6) is 3.17. The molecule has 8 nitrogen and oxygen atoms in total. The van der Waals surface area contributed by atoms with Gasteiger partial charge in [-0.25, -0.2) is 0 Å². The van der Waals surface area contributed by atoms with E-state index in [1.54, 1.807) is 0 Å². The van der Waals surface area contributed by atoms with E-state index < -0.39 is 0 Å². The molecule has 40 heavy (non-hydrogen) atoms. The van der Waals surface area contributed by atoms with Crippen LogP contribution >= 0.6 is 0 Å². The van der Waals surface area contributed by atoms with E-state index >= 15 is 0 Å². The van der Waals surface area contributed by atoms with Crippen LogP contribution in [0.1, 0.15) is 50.4 Å². The molecule has 222 valence electrons. The second-order valence-electron chi connectivity index (χ2n) is 10.1. The molecule has 9 heteroatoms. The van der Waals surface area contributed by atoms with Gasteiger partial charge in [0.25, 0.3) is 0 Å². The highest BCUT2D eigenvalue weighted by Gasteiger charge is 2.33. The van der Waals surface area contributed by atoms with Gasteiger partial charge in [0.05, 0.1) is 39.0 Å². The molecule has 0 spiro atoms. The summed E-state index contributed by atoms with van der Waals surface area (Å²) in [5, 5.41) is 0. The molecule has 1 fully saturated rings. The van der Waals surface area contributed by atoms with E-state index in [9.17, 15) is 4.79 Å². The number of amides is 1. The Hall–Kier alpha value is -2.68. The topological polar surface area (TPSA) is 63.7 Å². The summed E-state index contributed by atoms with van der Waals surface area (Å²) in [6, 6.07) is 10.2. The van der Waals surface area contributed by atoms with Gasteiger partial charge in [0.15, 0.2) is 23.0 Å². The lowest BCUT2D eigenvalue weighted by Gasteiger charge is -2.40. The van der Waals surface area contributed by atoms with Gasteiger partial charge in [-0.1, -0.05) is 6.07 Å². The van der Waals surface area contributed by atoms with Crippen LogP contribution in [0.2, 0.25) is 0 Å². The highest BCUT2D eigenvalue weighted by atomic mass is 35.5. The largest absolute Gasteiger partial charge is 1.00 e. The van der Waals surface area contributed by atoms with Crippen LogP contribution in [-0.4, -0.2) is 93.4 Å². The minimum Gasteiger partial charge on any atom is -1.00 e. The third kappa shape index (κ3) is 7.74. The lowest BCUT2D eigenvalue weighted by atomic mass is 9.88.